The minimum Gasteiger partial charge on any atom is -0.352 e. The molecular formula is C25H27N5O. The predicted molar refractivity (Wildman–Crippen MR) is 124 cm³/mol. The zero-order valence-electron chi connectivity index (χ0n) is 18.2. The van der Waals surface area contributed by atoms with Crippen molar-refractivity contribution in [2.45, 2.75) is 32.2 Å². The number of aromatic nitrogens is 2. The highest BCUT2D eigenvalue weighted by Crippen LogP contribution is 2.32. The molecule has 0 bridgehead atoms. The molecule has 3 aromatic rings. The number of nitrogens with zero attached hydrogens (tertiary/aromatic N) is 4. The van der Waals surface area contributed by atoms with Crippen molar-refractivity contribution in [3.8, 4) is 28.6 Å². The summed E-state index contributed by atoms with van der Waals surface area (Å²) < 4.78 is 1.69. The lowest BCUT2D eigenvalue weighted by molar-refractivity contribution is 0.362. The van der Waals surface area contributed by atoms with Crippen LogP contribution in [0.3, 0.4) is 0 Å². The fourth-order valence-electron chi connectivity index (χ4n) is 4.00. The Bertz CT molecular complexity index is 1190. The highest BCUT2D eigenvalue weighted by atomic mass is 16.1. The Labute approximate surface area is 182 Å². The van der Waals surface area contributed by atoms with Crippen LogP contribution in [0, 0.1) is 18.3 Å². The number of hydrogen-bond acceptors (Lipinski definition) is 5. The third kappa shape index (κ3) is 4.10. The molecule has 1 aliphatic rings. The van der Waals surface area contributed by atoms with Gasteiger partial charge in [0.15, 0.2) is 5.82 Å². The maximum Gasteiger partial charge on any atom is 0.293 e. The lowest BCUT2D eigenvalue weighted by atomic mass is 9.91. The fourth-order valence-corrected chi connectivity index (χ4v) is 4.00. The first-order valence-corrected chi connectivity index (χ1v) is 10.5. The van der Waals surface area contributed by atoms with Gasteiger partial charge in [0.05, 0.1) is 23.0 Å². The van der Waals surface area contributed by atoms with Crippen molar-refractivity contribution in [3.05, 3.63) is 70.0 Å². The van der Waals surface area contributed by atoms with Gasteiger partial charge in [0.1, 0.15) is 0 Å². The number of rotatable bonds is 3. The molecule has 6 nitrogen and oxygen atoms in total. The SMILES string of the molecule is Cc1ccc(-c2c(-c3ccc(C#N)cc3)nc(N3CCC(C)(N)CC3)c(=O)n2C)cc1. The number of benzene rings is 2. The molecule has 1 aliphatic heterocycles. The topological polar surface area (TPSA) is 87.9 Å². The van der Waals surface area contributed by atoms with E-state index in [1.54, 1.807) is 23.7 Å². The Morgan fingerprint density at radius 1 is 1.03 bits per heavy atom. The van der Waals surface area contributed by atoms with E-state index in [9.17, 15) is 4.79 Å². The zero-order valence-corrected chi connectivity index (χ0v) is 18.2. The molecule has 0 amide bonds. The molecule has 1 aromatic heterocycles. The molecule has 2 aromatic carbocycles. The normalized spacial score (nSPS) is 15.5. The zero-order chi connectivity index (χ0) is 22.2. The van der Waals surface area contributed by atoms with E-state index in [-0.39, 0.29) is 11.1 Å². The van der Waals surface area contributed by atoms with Crippen LogP contribution >= 0.6 is 0 Å². The summed E-state index contributed by atoms with van der Waals surface area (Å²) in [5.74, 6) is 0.452. The highest BCUT2D eigenvalue weighted by molar-refractivity contribution is 5.79. The van der Waals surface area contributed by atoms with E-state index < -0.39 is 0 Å². The summed E-state index contributed by atoms with van der Waals surface area (Å²) in [5.41, 5.74) is 11.0. The van der Waals surface area contributed by atoms with Crippen LogP contribution in [-0.2, 0) is 7.05 Å². The highest BCUT2D eigenvalue weighted by Gasteiger charge is 2.29. The van der Waals surface area contributed by atoms with E-state index in [2.05, 4.69) is 13.0 Å². The second-order valence-electron chi connectivity index (χ2n) is 8.69. The largest absolute Gasteiger partial charge is 0.352 e. The molecule has 1 fully saturated rings. The third-order valence-corrected chi connectivity index (χ3v) is 6.09. The minimum atomic E-state index is -0.209. The van der Waals surface area contributed by atoms with Crippen LogP contribution in [0.25, 0.3) is 22.5 Å². The standard InChI is InChI=1S/C25H27N5O/c1-17-4-8-20(9-5-17)22-21(19-10-6-18(16-26)7-11-19)28-23(24(31)29(22)3)30-14-12-25(2,27)13-15-30/h4-11H,12-15,27H2,1-3H3. The van der Waals surface area contributed by atoms with Gasteiger partial charge in [0.25, 0.3) is 5.56 Å². The van der Waals surface area contributed by atoms with Crippen LogP contribution < -0.4 is 16.2 Å². The number of hydrogen-bond donors (Lipinski definition) is 1. The fraction of sp³-hybridized carbons (Fsp3) is 0.320. The molecule has 0 aliphatic carbocycles. The molecule has 0 unspecified atom stereocenters. The Hall–Kier alpha value is -3.43. The average Bonchev–Trinajstić information content (AvgIpc) is 2.77. The molecule has 2 heterocycles. The molecule has 4 rings (SSSR count). The van der Waals surface area contributed by atoms with Gasteiger partial charge in [0.2, 0.25) is 0 Å². The van der Waals surface area contributed by atoms with E-state index in [0.29, 0.717) is 24.5 Å². The smallest absolute Gasteiger partial charge is 0.293 e. The monoisotopic (exact) mass is 413 g/mol. The van der Waals surface area contributed by atoms with Crippen molar-refractivity contribution in [2.75, 3.05) is 18.0 Å². The number of anilines is 1. The summed E-state index contributed by atoms with van der Waals surface area (Å²) >= 11 is 0. The summed E-state index contributed by atoms with van der Waals surface area (Å²) in [6.07, 6.45) is 1.62. The van der Waals surface area contributed by atoms with Crippen molar-refractivity contribution in [1.29, 1.82) is 5.26 Å². The van der Waals surface area contributed by atoms with Gasteiger partial charge < -0.3 is 15.2 Å². The van der Waals surface area contributed by atoms with Gasteiger partial charge >= 0.3 is 0 Å². The van der Waals surface area contributed by atoms with Crippen molar-refractivity contribution in [1.82, 2.24) is 9.55 Å². The number of aryl methyl sites for hydroxylation is 1. The molecule has 0 saturated carbocycles. The molecule has 0 radical (unpaired) electrons. The third-order valence-electron chi connectivity index (χ3n) is 6.09. The number of nitrogens with two attached hydrogens (primary N) is 1. The van der Waals surface area contributed by atoms with Crippen LogP contribution in [0.2, 0.25) is 0 Å². The van der Waals surface area contributed by atoms with Crippen LogP contribution in [0.1, 0.15) is 30.9 Å². The van der Waals surface area contributed by atoms with Gasteiger partial charge in [-0.3, -0.25) is 4.79 Å². The Kier molecular flexibility index (Phi) is 5.38. The Balaban J connectivity index is 1.90. The summed E-state index contributed by atoms with van der Waals surface area (Å²) in [6, 6.07) is 17.6. The van der Waals surface area contributed by atoms with Crippen LogP contribution in [0.15, 0.2) is 53.3 Å². The Morgan fingerprint density at radius 3 is 2.19 bits per heavy atom. The summed E-state index contributed by atoms with van der Waals surface area (Å²) in [7, 11) is 1.80. The number of nitriles is 1. The molecule has 158 valence electrons. The van der Waals surface area contributed by atoms with Gasteiger partial charge in [-0.1, -0.05) is 42.0 Å². The molecule has 0 atom stereocenters. The molecule has 31 heavy (non-hydrogen) atoms. The van der Waals surface area contributed by atoms with Gasteiger partial charge in [-0.2, -0.15) is 5.26 Å². The first-order valence-electron chi connectivity index (χ1n) is 10.5. The van der Waals surface area contributed by atoms with E-state index in [4.69, 9.17) is 16.0 Å². The predicted octanol–water partition coefficient (Wildman–Crippen LogP) is 3.61. The summed E-state index contributed by atoms with van der Waals surface area (Å²) in [6.45, 7) is 5.49. The molecule has 0 spiro atoms. The van der Waals surface area contributed by atoms with E-state index >= 15 is 0 Å². The first kappa shape index (κ1) is 20.8. The molecule has 1 saturated heterocycles. The van der Waals surface area contributed by atoms with Crippen LogP contribution in [0.5, 0.6) is 0 Å². The minimum absolute atomic E-state index is 0.117. The van der Waals surface area contributed by atoms with Gasteiger partial charge in [-0.05, 0) is 38.8 Å². The van der Waals surface area contributed by atoms with Crippen LogP contribution in [0.4, 0.5) is 5.82 Å². The van der Waals surface area contributed by atoms with E-state index in [1.807, 2.05) is 48.2 Å². The van der Waals surface area contributed by atoms with Gasteiger partial charge in [-0.25, -0.2) is 4.98 Å². The molecular weight excluding hydrogens is 386 g/mol. The number of piperidine rings is 1. The van der Waals surface area contributed by atoms with Crippen molar-refractivity contribution < 1.29 is 0 Å². The van der Waals surface area contributed by atoms with Crippen molar-refractivity contribution >= 4 is 5.82 Å². The maximum atomic E-state index is 13.4. The maximum absolute atomic E-state index is 13.4. The molecule has 6 heteroatoms. The lowest BCUT2D eigenvalue weighted by Crippen LogP contribution is -2.49. The van der Waals surface area contributed by atoms with E-state index in [0.717, 1.165) is 40.9 Å². The van der Waals surface area contributed by atoms with E-state index in [1.165, 1.54) is 0 Å². The summed E-state index contributed by atoms with van der Waals surface area (Å²) in [4.78, 5) is 20.3. The second-order valence-corrected chi connectivity index (χ2v) is 8.69. The quantitative estimate of drug-likeness (QED) is 0.709. The van der Waals surface area contributed by atoms with Gasteiger partial charge in [-0.15, -0.1) is 0 Å². The van der Waals surface area contributed by atoms with Crippen molar-refractivity contribution in [3.63, 3.8) is 0 Å². The van der Waals surface area contributed by atoms with Crippen LogP contribution in [-0.4, -0.2) is 28.2 Å². The Morgan fingerprint density at radius 2 is 1.61 bits per heavy atom. The first-order chi connectivity index (χ1) is 14.8. The van der Waals surface area contributed by atoms with Crippen molar-refractivity contribution in [2.24, 2.45) is 12.8 Å². The molecule has 2 N–H and O–H groups in total. The lowest BCUT2D eigenvalue weighted by Gasteiger charge is -2.37. The summed E-state index contributed by atoms with van der Waals surface area (Å²) in [5, 5.41) is 9.17. The van der Waals surface area contributed by atoms with Gasteiger partial charge in [0, 0.05) is 36.8 Å². The second kappa shape index (κ2) is 8.01. The average molecular weight is 414 g/mol.